The van der Waals surface area contributed by atoms with E-state index in [0.717, 1.165) is 5.56 Å². The summed E-state index contributed by atoms with van der Waals surface area (Å²) in [6.45, 7) is 0. The summed E-state index contributed by atoms with van der Waals surface area (Å²) in [4.78, 5) is 14.2. The maximum Gasteiger partial charge on any atom is 0.205 e. The second-order valence-electron chi connectivity index (χ2n) is 6.22. The van der Waals surface area contributed by atoms with Crippen molar-refractivity contribution in [1.29, 1.82) is 5.26 Å². The predicted octanol–water partition coefficient (Wildman–Crippen LogP) is 3.96. The highest BCUT2D eigenvalue weighted by Crippen LogP contribution is 2.47. The number of nitrogens with zero attached hydrogens (tertiary/aromatic N) is 1. The average molecular weight is 348 g/mol. The molecular formula is C20H16N2O2S. The van der Waals surface area contributed by atoms with Crippen LogP contribution in [0.2, 0.25) is 0 Å². The molecule has 2 aromatic rings. The van der Waals surface area contributed by atoms with E-state index in [2.05, 4.69) is 6.07 Å². The van der Waals surface area contributed by atoms with Gasteiger partial charge in [-0.25, -0.2) is 0 Å². The van der Waals surface area contributed by atoms with Crippen molar-refractivity contribution in [1.82, 2.24) is 0 Å². The number of rotatable bonds is 2. The van der Waals surface area contributed by atoms with Crippen LogP contribution in [0.5, 0.6) is 0 Å². The van der Waals surface area contributed by atoms with Crippen LogP contribution in [0.3, 0.4) is 0 Å². The van der Waals surface area contributed by atoms with Crippen molar-refractivity contribution in [3.63, 3.8) is 0 Å². The Morgan fingerprint density at radius 3 is 2.64 bits per heavy atom. The SMILES string of the molecule is N#CC1=C(N)OC2=C(C(=O)C[C@H](c3cccs3)C2)[C@H]1c1ccccc1. The molecule has 0 spiro atoms. The number of thiophene rings is 1. The van der Waals surface area contributed by atoms with Crippen molar-refractivity contribution in [2.24, 2.45) is 5.73 Å². The maximum absolute atomic E-state index is 13.0. The van der Waals surface area contributed by atoms with E-state index in [-0.39, 0.29) is 17.6 Å². The first-order valence-electron chi connectivity index (χ1n) is 8.11. The number of ether oxygens (including phenoxy) is 1. The van der Waals surface area contributed by atoms with Gasteiger partial charge in [-0.3, -0.25) is 4.79 Å². The monoisotopic (exact) mass is 348 g/mol. The van der Waals surface area contributed by atoms with Crippen LogP contribution in [0, 0.1) is 11.3 Å². The van der Waals surface area contributed by atoms with Gasteiger partial charge in [-0.05, 0) is 17.0 Å². The van der Waals surface area contributed by atoms with Crippen LogP contribution in [0.4, 0.5) is 0 Å². The van der Waals surface area contributed by atoms with Crippen LogP contribution >= 0.6 is 11.3 Å². The lowest BCUT2D eigenvalue weighted by Crippen LogP contribution is -2.29. The second kappa shape index (κ2) is 6.23. The summed E-state index contributed by atoms with van der Waals surface area (Å²) in [5, 5.41) is 11.6. The largest absolute Gasteiger partial charge is 0.444 e. The van der Waals surface area contributed by atoms with Crippen molar-refractivity contribution in [2.75, 3.05) is 0 Å². The van der Waals surface area contributed by atoms with Gasteiger partial charge in [0.25, 0.3) is 0 Å². The molecule has 2 heterocycles. The van der Waals surface area contributed by atoms with Crippen molar-refractivity contribution in [3.05, 3.63) is 81.1 Å². The summed E-state index contributed by atoms with van der Waals surface area (Å²) in [6.07, 6.45) is 1.06. The molecule has 0 saturated carbocycles. The third-order valence-electron chi connectivity index (χ3n) is 4.74. The molecular weight excluding hydrogens is 332 g/mol. The van der Waals surface area contributed by atoms with E-state index in [1.165, 1.54) is 4.88 Å². The summed E-state index contributed by atoms with van der Waals surface area (Å²) in [6, 6.07) is 15.7. The number of ketones is 1. The van der Waals surface area contributed by atoms with Gasteiger partial charge in [0, 0.05) is 29.2 Å². The smallest absolute Gasteiger partial charge is 0.205 e. The van der Waals surface area contributed by atoms with Crippen molar-refractivity contribution in [3.8, 4) is 6.07 Å². The highest BCUT2D eigenvalue weighted by Gasteiger charge is 2.40. The van der Waals surface area contributed by atoms with Crippen LogP contribution in [0.1, 0.15) is 35.1 Å². The Hall–Kier alpha value is -2.84. The third-order valence-corrected chi connectivity index (χ3v) is 5.77. The van der Waals surface area contributed by atoms with E-state index in [1.54, 1.807) is 11.3 Å². The third kappa shape index (κ3) is 2.65. The lowest BCUT2D eigenvalue weighted by molar-refractivity contribution is -0.117. The van der Waals surface area contributed by atoms with E-state index < -0.39 is 5.92 Å². The molecule has 0 radical (unpaired) electrons. The molecule has 0 amide bonds. The van der Waals surface area contributed by atoms with Gasteiger partial charge in [-0.15, -0.1) is 11.3 Å². The second-order valence-corrected chi connectivity index (χ2v) is 7.20. The molecule has 2 atom stereocenters. The van der Waals surface area contributed by atoms with Gasteiger partial charge >= 0.3 is 0 Å². The number of hydrogen-bond acceptors (Lipinski definition) is 5. The first kappa shape index (κ1) is 15.7. The standard InChI is InChI=1S/C20H16N2O2S/c21-11-14-18(12-5-2-1-3-6-12)19-15(23)9-13(17-7-4-8-25-17)10-16(19)24-20(14)22/h1-8,13,18H,9-10,22H2/t13-,18-/m0/s1. The van der Waals surface area contributed by atoms with Crippen molar-refractivity contribution >= 4 is 17.1 Å². The minimum atomic E-state index is -0.438. The van der Waals surface area contributed by atoms with E-state index in [9.17, 15) is 10.1 Å². The van der Waals surface area contributed by atoms with Crippen LogP contribution in [-0.4, -0.2) is 5.78 Å². The van der Waals surface area contributed by atoms with Crippen LogP contribution in [-0.2, 0) is 9.53 Å². The fourth-order valence-electron chi connectivity index (χ4n) is 3.61. The van der Waals surface area contributed by atoms with Crippen LogP contribution in [0.25, 0.3) is 0 Å². The summed E-state index contributed by atoms with van der Waals surface area (Å²) in [5.41, 5.74) is 7.82. The molecule has 2 N–H and O–H groups in total. The highest BCUT2D eigenvalue weighted by atomic mass is 32.1. The first-order chi connectivity index (χ1) is 12.2. The summed E-state index contributed by atoms with van der Waals surface area (Å²) >= 11 is 1.65. The molecule has 0 bridgehead atoms. The number of Topliss-reactive ketones (excluding diaryl/α,β-unsaturated/α-hetero) is 1. The molecule has 2 aliphatic rings. The molecule has 25 heavy (non-hydrogen) atoms. The number of carbonyl (C=O) groups is 1. The normalized spacial score (nSPS) is 23.1. The van der Waals surface area contributed by atoms with Gasteiger partial charge in [0.05, 0.1) is 5.92 Å². The predicted molar refractivity (Wildman–Crippen MR) is 95.4 cm³/mol. The Kier molecular flexibility index (Phi) is 3.90. The molecule has 1 aliphatic heterocycles. The topological polar surface area (TPSA) is 76.1 Å². The van der Waals surface area contributed by atoms with Crippen LogP contribution in [0.15, 0.2) is 70.6 Å². The lowest BCUT2D eigenvalue weighted by atomic mass is 9.75. The number of nitriles is 1. The summed E-state index contributed by atoms with van der Waals surface area (Å²) in [5.74, 6) is 0.425. The summed E-state index contributed by atoms with van der Waals surface area (Å²) in [7, 11) is 0. The van der Waals surface area contributed by atoms with E-state index in [1.807, 2.05) is 47.8 Å². The summed E-state index contributed by atoms with van der Waals surface area (Å²) < 4.78 is 5.74. The van der Waals surface area contributed by atoms with Crippen LogP contribution < -0.4 is 5.73 Å². The Morgan fingerprint density at radius 1 is 1.16 bits per heavy atom. The zero-order valence-corrected chi connectivity index (χ0v) is 14.3. The van der Waals surface area contributed by atoms with E-state index in [0.29, 0.717) is 29.7 Å². The quantitative estimate of drug-likeness (QED) is 0.891. The van der Waals surface area contributed by atoms with Crippen molar-refractivity contribution in [2.45, 2.75) is 24.7 Å². The zero-order valence-electron chi connectivity index (χ0n) is 13.4. The van der Waals surface area contributed by atoms with E-state index in [4.69, 9.17) is 10.5 Å². The Bertz CT molecular complexity index is 920. The first-order valence-corrected chi connectivity index (χ1v) is 8.99. The molecule has 0 fully saturated rings. The van der Waals surface area contributed by atoms with Gasteiger partial charge in [-0.2, -0.15) is 5.26 Å². The minimum absolute atomic E-state index is 0.0359. The minimum Gasteiger partial charge on any atom is -0.444 e. The van der Waals surface area contributed by atoms with Gasteiger partial charge in [-0.1, -0.05) is 36.4 Å². The molecule has 4 rings (SSSR count). The molecule has 0 saturated heterocycles. The molecule has 1 aliphatic carbocycles. The number of carbonyl (C=O) groups excluding carboxylic acids is 1. The number of benzene rings is 1. The maximum atomic E-state index is 13.0. The number of hydrogen-bond donors (Lipinski definition) is 1. The fraction of sp³-hybridized carbons (Fsp3) is 0.200. The molecule has 1 aromatic carbocycles. The molecule has 124 valence electrons. The number of nitrogens with two attached hydrogens (primary N) is 1. The van der Waals surface area contributed by atoms with Gasteiger partial charge in [0.15, 0.2) is 5.78 Å². The number of allylic oxidation sites excluding steroid dienone is 3. The Labute approximate surface area is 149 Å². The van der Waals surface area contributed by atoms with Gasteiger partial charge in [0.2, 0.25) is 5.88 Å². The Morgan fingerprint density at radius 2 is 1.96 bits per heavy atom. The fourth-order valence-corrected chi connectivity index (χ4v) is 4.44. The highest BCUT2D eigenvalue weighted by molar-refractivity contribution is 7.10. The molecule has 1 aromatic heterocycles. The lowest BCUT2D eigenvalue weighted by Gasteiger charge is -2.33. The van der Waals surface area contributed by atoms with E-state index >= 15 is 0 Å². The molecule has 0 unspecified atom stereocenters. The Balaban J connectivity index is 1.80. The zero-order chi connectivity index (χ0) is 17.4. The molecule has 5 heteroatoms. The van der Waals surface area contributed by atoms with Gasteiger partial charge in [0.1, 0.15) is 17.4 Å². The average Bonchev–Trinajstić information content (AvgIpc) is 3.16. The molecule has 4 nitrogen and oxygen atoms in total. The van der Waals surface area contributed by atoms with Gasteiger partial charge < -0.3 is 10.5 Å². The van der Waals surface area contributed by atoms with Crippen molar-refractivity contribution < 1.29 is 9.53 Å².